The summed E-state index contributed by atoms with van der Waals surface area (Å²) in [6, 6.07) is 12.6. The van der Waals surface area contributed by atoms with Crippen molar-refractivity contribution in [3.63, 3.8) is 0 Å². The summed E-state index contributed by atoms with van der Waals surface area (Å²) in [5, 5.41) is 3.31. The first kappa shape index (κ1) is 17.4. The topological polar surface area (TPSA) is 47.6 Å². The Morgan fingerprint density at radius 3 is 2.80 bits per heavy atom. The van der Waals surface area contributed by atoms with Gasteiger partial charge in [0, 0.05) is 22.3 Å². The Morgan fingerprint density at radius 2 is 2.04 bits per heavy atom. The summed E-state index contributed by atoms with van der Waals surface area (Å²) < 4.78 is 11.6. The van der Waals surface area contributed by atoms with Crippen LogP contribution in [0.2, 0.25) is 5.02 Å². The van der Waals surface area contributed by atoms with Crippen LogP contribution in [0.4, 0.5) is 5.69 Å². The third-order valence-electron chi connectivity index (χ3n) is 3.79. The van der Waals surface area contributed by atoms with E-state index in [2.05, 4.69) is 18.3 Å². The van der Waals surface area contributed by atoms with Gasteiger partial charge in [-0.3, -0.25) is 4.79 Å². The van der Waals surface area contributed by atoms with Crippen LogP contribution in [0.25, 0.3) is 5.57 Å². The van der Waals surface area contributed by atoms with E-state index in [1.165, 1.54) is 0 Å². The lowest BCUT2D eigenvalue weighted by Gasteiger charge is -2.30. The zero-order valence-electron chi connectivity index (χ0n) is 14.4. The number of anilines is 1. The molecule has 0 saturated carbocycles. The minimum absolute atomic E-state index is 0.0937. The van der Waals surface area contributed by atoms with Gasteiger partial charge in [0.15, 0.2) is 6.61 Å². The SMILES string of the molecule is CC1=CC(C)(C)Oc2cc(OCC(=O)Nc3cccc(Cl)c3)ccc21. The molecule has 1 N–H and O–H groups in total. The van der Waals surface area contributed by atoms with E-state index in [1.807, 2.05) is 32.0 Å². The minimum Gasteiger partial charge on any atom is -0.484 e. The van der Waals surface area contributed by atoms with E-state index in [9.17, 15) is 4.79 Å². The maximum Gasteiger partial charge on any atom is 0.262 e. The van der Waals surface area contributed by atoms with Crippen LogP contribution in [0.5, 0.6) is 11.5 Å². The first-order valence-corrected chi connectivity index (χ1v) is 8.41. The Labute approximate surface area is 152 Å². The molecule has 0 unspecified atom stereocenters. The zero-order chi connectivity index (χ0) is 18.0. The van der Waals surface area contributed by atoms with E-state index in [0.717, 1.165) is 16.9 Å². The Kier molecular flexibility index (Phi) is 4.73. The average molecular weight is 358 g/mol. The normalized spacial score (nSPS) is 14.8. The van der Waals surface area contributed by atoms with Crippen LogP contribution in [0.1, 0.15) is 26.3 Å². The molecule has 4 nitrogen and oxygen atoms in total. The van der Waals surface area contributed by atoms with Gasteiger partial charge in [0.05, 0.1) is 0 Å². The predicted octanol–water partition coefficient (Wildman–Crippen LogP) is 4.93. The summed E-state index contributed by atoms with van der Waals surface area (Å²) in [6.45, 7) is 5.97. The second-order valence-corrected chi connectivity index (χ2v) is 6.97. The Balaban J connectivity index is 1.64. The van der Waals surface area contributed by atoms with E-state index in [-0.39, 0.29) is 18.1 Å². The van der Waals surface area contributed by atoms with Crippen molar-refractivity contribution in [1.29, 1.82) is 0 Å². The van der Waals surface area contributed by atoms with E-state index in [0.29, 0.717) is 16.5 Å². The van der Waals surface area contributed by atoms with Crippen LogP contribution in [0, 0.1) is 0 Å². The number of rotatable bonds is 4. The molecule has 2 aromatic carbocycles. The van der Waals surface area contributed by atoms with Crippen molar-refractivity contribution in [2.24, 2.45) is 0 Å². The molecule has 0 fully saturated rings. The molecule has 0 aromatic heterocycles. The smallest absolute Gasteiger partial charge is 0.262 e. The fourth-order valence-electron chi connectivity index (χ4n) is 2.83. The number of fused-ring (bicyclic) bond motifs is 1. The number of halogens is 1. The van der Waals surface area contributed by atoms with Gasteiger partial charge in [-0.2, -0.15) is 0 Å². The third kappa shape index (κ3) is 4.34. The highest BCUT2D eigenvalue weighted by Gasteiger charge is 2.25. The molecule has 2 aromatic rings. The molecule has 0 spiro atoms. The Hall–Kier alpha value is -2.46. The number of hydrogen-bond acceptors (Lipinski definition) is 3. The lowest BCUT2D eigenvalue weighted by molar-refractivity contribution is -0.118. The Morgan fingerprint density at radius 1 is 1.24 bits per heavy atom. The van der Waals surface area contributed by atoms with Gasteiger partial charge in [-0.25, -0.2) is 0 Å². The van der Waals surface area contributed by atoms with Crippen LogP contribution >= 0.6 is 11.6 Å². The third-order valence-corrected chi connectivity index (χ3v) is 4.03. The number of benzene rings is 2. The van der Waals surface area contributed by atoms with Crippen molar-refractivity contribution in [3.05, 3.63) is 59.1 Å². The highest BCUT2D eigenvalue weighted by atomic mass is 35.5. The quantitative estimate of drug-likeness (QED) is 0.843. The maximum atomic E-state index is 12.0. The van der Waals surface area contributed by atoms with E-state index in [4.69, 9.17) is 21.1 Å². The van der Waals surface area contributed by atoms with Crippen molar-refractivity contribution < 1.29 is 14.3 Å². The lowest BCUT2D eigenvalue weighted by atomic mass is 9.96. The molecule has 130 valence electrons. The second-order valence-electron chi connectivity index (χ2n) is 6.54. The molecule has 0 bridgehead atoms. The van der Waals surface area contributed by atoms with Gasteiger partial charge < -0.3 is 14.8 Å². The molecular weight excluding hydrogens is 338 g/mol. The fourth-order valence-corrected chi connectivity index (χ4v) is 3.02. The maximum absolute atomic E-state index is 12.0. The molecule has 5 heteroatoms. The summed E-state index contributed by atoms with van der Waals surface area (Å²) in [6.07, 6.45) is 2.09. The van der Waals surface area contributed by atoms with Crippen LogP contribution in [0.3, 0.4) is 0 Å². The molecule has 0 saturated heterocycles. The zero-order valence-corrected chi connectivity index (χ0v) is 15.2. The van der Waals surface area contributed by atoms with Crippen molar-refractivity contribution >= 4 is 28.8 Å². The van der Waals surface area contributed by atoms with Gasteiger partial charge in [-0.1, -0.05) is 17.7 Å². The fraction of sp³-hybridized carbons (Fsp3) is 0.250. The van der Waals surface area contributed by atoms with Gasteiger partial charge >= 0.3 is 0 Å². The van der Waals surface area contributed by atoms with E-state index >= 15 is 0 Å². The second kappa shape index (κ2) is 6.81. The van der Waals surface area contributed by atoms with Crippen molar-refractivity contribution in [1.82, 2.24) is 0 Å². The first-order chi connectivity index (χ1) is 11.8. The van der Waals surface area contributed by atoms with Gasteiger partial charge in [0.2, 0.25) is 0 Å². The summed E-state index contributed by atoms with van der Waals surface area (Å²) in [4.78, 5) is 12.0. The minimum atomic E-state index is -0.361. The van der Waals surface area contributed by atoms with E-state index in [1.54, 1.807) is 24.3 Å². The summed E-state index contributed by atoms with van der Waals surface area (Å²) in [7, 11) is 0. The summed E-state index contributed by atoms with van der Waals surface area (Å²) >= 11 is 5.90. The van der Waals surface area contributed by atoms with Crippen molar-refractivity contribution in [2.75, 3.05) is 11.9 Å². The van der Waals surface area contributed by atoms with Crippen LogP contribution in [0.15, 0.2) is 48.5 Å². The summed E-state index contributed by atoms with van der Waals surface area (Å²) in [5.74, 6) is 1.10. The highest BCUT2D eigenvalue weighted by molar-refractivity contribution is 6.30. The number of ether oxygens (including phenoxy) is 2. The first-order valence-electron chi connectivity index (χ1n) is 8.03. The molecule has 25 heavy (non-hydrogen) atoms. The van der Waals surface area contributed by atoms with Crippen LogP contribution in [-0.2, 0) is 4.79 Å². The highest BCUT2D eigenvalue weighted by Crippen LogP contribution is 2.37. The number of carbonyl (C=O) groups excluding carboxylic acids is 1. The Bertz CT molecular complexity index is 843. The average Bonchev–Trinajstić information content (AvgIpc) is 2.51. The monoisotopic (exact) mass is 357 g/mol. The number of amides is 1. The van der Waals surface area contributed by atoms with Crippen LogP contribution < -0.4 is 14.8 Å². The van der Waals surface area contributed by atoms with Crippen molar-refractivity contribution in [2.45, 2.75) is 26.4 Å². The standard InChI is InChI=1S/C20H20ClNO3/c1-13-11-20(2,3)25-18-10-16(7-8-17(13)18)24-12-19(23)22-15-6-4-5-14(21)9-15/h4-11H,12H2,1-3H3,(H,22,23). The molecule has 1 amide bonds. The van der Waals surface area contributed by atoms with Crippen molar-refractivity contribution in [3.8, 4) is 11.5 Å². The largest absolute Gasteiger partial charge is 0.484 e. The molecule has 0 aliphatic carbocycles. The molecule has 0 radical (unpaired) electrons. The lowest BCUT2D eigenvalue weighted by Crippen LogP contribution is -2.28. The van der Waals surface area contributed by atoms with Gasteiger partial charge in [0.25, 0.3) is 5.91 Å². The molecule has 1 heterocycles. The van der Waals surface area contributed by atoms with Crippen LogP contribution in [-0.4, -0.2) is 18.1 Å². The molecular formula is C20H20ClNO3. The number of allylic oxidation sites excluding steroid dienone is 1. The van der Waals surface area contributed by atoms with Gasteiger partial charge in [-0.05, 0) is 62.8 Å². The predicted molar refractivity (Wildman–Crippen MR) is 100 cm³/mol. The molecule has 0 atom stereocenters. The van der Waals surface area contributed by atoms with Gasteiger partial charge in [0.1, 0.15) is 17.1 Å². The number of hydrogen-bond donors (Lipinski definition) is 1. The van der Waals surface area contributed by atoms with Gasteiger partial charge in [-0.15, -0.1) is 0 Å². The summed E-state index contributed by atoms with van der Waals surface area (Å²) in [5.41, 5.74) is 2.48. The van der Waals surface area contributed by atoms with E-state index < -0.39 is 0 Å². The molecule has 3 rings (SSSR count). The molecule has 1 aliphatic heterocycles. The number of nitrogens with one attached hydrogen (secondary N) is 1. The molecule has 1 aliphatic rings. The number of carbonyl (C=O) groups is 1.